The van der Waals surface area contributed by atoms with Crippen LogP contribution in [-0.2, 0) is 0 Å². The topological polar surface area (TPSA) is 121 Å². The summed E-state index contributed by atoms with van der Waals surface area (Å²) in [6, 6.07) is 14.1. The molecule has 9 nitrogen and oxygen atoms in total. The van der Waals surface area contributed by atoms with Gasteiger partial charge in [-0.1, -0.05) is 42.1 Å². The van der Waals surface area contributed by atoms with Crippen LogP contribution >= 0.6 is 34.7 Å². The summed E-state index contributed by atoms with van der Waals surface area (Å²) in [6.07, 6.45) is 1.49. The molecule has 4 rings (SSSR count). The number of benzene rings is 2. The third-order valence-corrected chi connectivity index (χ3v) is 7.90. The molecule has 4 N–H and O–H groups in total. The van der Waals surface area contributed by atoms with Crippen molar-refractivity contribution in [2.75, 3.05) is 32.0 Å². The number of methoxy groups -OCH3 is 3. The number of carbonyl (C=O) groups excluding carboxylic acids is 1. The van der Waals surface area contributed by atoms with Gasteiger partial charge in [-0.3, -0.25) is 4.79 Å². The van der Waals surface area contributed by atoms with Crippen molar-refractivity contribution in [1.82, 2.24) is 9.97 Å². The van der Waals surface area contributed by atoms with Gasteiger partial charge in [-0.05, 0) is 31.2 Å². The number of nitrogens with two attached hydrogens (primary N) is 1. The van der Waals surface area contributed by atoms with E-state index in [4.69, 9.17) is 36.5 Å². The van der Waals surface area contributed by atoms with Gasteiger partial charge in [-0.15, -0.1) is 11.3 Å². The van der Waals surface area contributed by atoms with Crippen LogP contribution in [0.15, 0.2) is 77.4 Å². The van der Waals surface area contributed by atoms with E-state index in [2.05, 4.69) is 22.2 Å². The Labute approximate surface area is 251 Å². The van der Waals surface area contributed by atoms with Gasteiger partial charge in [0, 0.05) is 51.9 Å². The molecule has 0 aliphatic rings. The van der Waals surface area contributed by atoms with Crippen LogP contribution in [0.4, 0.5) is 11.4 Å². The Hall–Kier alpha value is -4.19. The number of allylic oxidation sites excluding steroid dienone is 1. The minimum Gasteiger partial charge on any atom is -0.493 e. The number of amides is 1. The molecule has 212 valence electrons. The van der Waals surface area contributed by atoms with Crippen molar-refractivity contribution in [2.24, 2.45) is 5.73 Å². The van der Waals surface area contributed by atoms with Gasteiger partial charge in [0.2, 0.25) is 5.75 Å². The first-order chi connectivity index (χ1) is 19.7. The molecule has 0 fully saturated rings. The monoisotopic (exact) mass is 609 g/mol. The average Bonchev–Trinajstić information content (AvgIpc) is 3.45. The number of hydrogen-bond donors (Lipinski definition) is 3. The molecule has 0 bridgehead atoms. The third-order valence-electron chi connectivity index (χ3n) is 5.64. The average molecular weight is 610 g/mol. The van der Waals surface area contributed by atoms with Gasteiger partial charge >= 0.3 is 0 Å². The molecule has 0 saturated carbocycles. The second-order valence-corrected chi connectivity index (χ2v) is 10.9. The van der Waals surface area contributed by atoms with Crippen LogP contribution < -0.4 is 30.6 Å². The van der Waals surface area contributed by atoms with Gasteiger partial charge in [0.1, 0.15) is 10.2 Å². The number of nitrogens with one attached hydrogen (secondary N) is 2. The van der Waals surface area contributed by atoms with Crippen molar-refractivity contribution in [3.63, 3.8) is 0 Å². The molecule has 0 unspecified atom stereocenters. The molecular formula is C29H28ClN5O4S2. The minimum absolute atomic E-state index is 0.250. The Kier molecular flexibility index (Phi) is 9.77. The van der Waals surface area contributed by atoms with E-state index in [1.807, 2.05) is 36.6 Å². The maximum absolute atomic E-state index is 12.7. The summed E-state index contributed by atoms with van der Waals surface area (Å²) in [5.74, 6) is 1.25. The van der Waals surface area contributed by atoms with E-state index in [1.165, 1.54) is 35.4 Å². The second-order valence-electron chi connectivity index (χ2n) is 8.52. The molecule has 2 aromatic carbocycles. The molecule has 0 aliphatic carbocycles. The molecule has 4 aromatic rings. The van der Waals surface area contributed by atoms with E-state index >= 15 is 0 Å². The standard InChI is InChI=1S/C29H28ClN5O4S2/c1-16(31)27(41-17(2)33-21-13-23(37-3)26(39-5)24(14-21)38-4)29-35-22(15-40-29)18-7-6-8-20(11-18)34-28(36)19-9-10-32-25(30)12-19/h6-15,33H,2,31H2,1,3-5H3,(H,34,36)/b27-16+. The highest BCUT2D eigenvalue weighted by Crippen LogP contribution is 2.42. The van der Waals surface area contributed by atoms with Gasteiger partial charge in [0.05, 0.1) is 37.0 Å². The van der Waals surface area contributed by atoms with Crippen LogP contribution in [0.1, 0.15) is 22.3 Å². The molecule has 0 spiro atoms. The number of rotatable bonds is 11. The van der Waals surface area contributed by atoms with Crippen LogP contribution in [-0.4, -0.2) is 37.2 Å². The number of nitrogens with zero attached hydrogens (tertiary/aromatic N) is 2. The number of aromatic nitrogens is 2. The predicted molar refractivity (Wildman–Crippen MR) is 168 cm³/mol. The highest BCUT2D eigenvalue weighted by Gasteiger charge is 2.17. The summed E-state index contributed by atoms with van der Waals surface area (Å²) in [7, 11) is 4.67. The van der Waals surface area contributed by atoms with Crippen molar-refractivity contribution in [1.29, 1.82) is 0 Å². The summed E-state index contributed by atoms with van der Waals surface area (Å²) in [5, 5.41) is 9.70. The Bertz CT molecular complexity index is 1590. The molecular weight excluding hydrogens is 582 g/mol. The van der Waals surface area contributed by atoms with Crippen molar-refractivity contribution >= 4 is 56.9 Å². The fraction of sp³-hybridized carbons (Fsp3) is 0.138. The van der Waals surface area contributed by atoms with Gasteiger partial charge in [0.25, 0.3) is 5.91 Å². The van der Waals surface area contributed by atoms with Gasteiger partial charge in [0.15, 0.2) is 11.5 Å². The number of pyridine rings is 1. The van der Waals surface area contributed by atoms with Gasteiger partial charge in [-0.2, -0.15) is 0 Å². The van der Waals surface area contributed by atoms with Crippen LogP contribution in [0, 0.1) is 0 Å². The van der Waals surface area contributed by atoms with Crippen LogP contribution in [0.2, 0.25) is 5.15 Å². The summed E-state index contributed by atoms with van der Waals surface area (Å²) in [6.45, 7) is 5.98. The number of thiazole rings is 1. The first kappa shape index (κ1) is 29.8. The maximum Gasteiger partial charge on any atom is 0.255 e. The number of ether oxygens (including phenoxy) is 3. The van der Waals surface area contributed by atoms with Crippen LogP contribution in [0.5, 0.6) is 17.2 Å². The molecule has 0 saturated heterocycles. The third kappa shape index (κ3) is 7.31. The highest BCUT2D eigenvalue weighted by molar-refractivity contribution is 8.12. The maximum atomic E-state index is 12.7. The Morgan fingerprint density at radius 3 is 2.39 bits per heavy atom. The second kappa shape index (κ2) is 13.4. The molecule has 0 radical (unpaired) electrons. The first-order valence-electron chi connectivity index (χ1n) is 12.1. The van der Waals surface area contributed by atoms with E-state index in [0.717, 1.165) is 21.2 Å². The Balaban J connectivity index is 1.50. The van der Waals surface area contributed by atoms with Crippen molar-refractivity contribution in [3.05, 3.63) is 93.1 Å². The van der Waals surface area contributed by atoms with Gasteiger partial charge < -0.3 is 30.6 Å². The lowest BCUT2D eigenvalue weighted by Gasteiger charge is -2.16. The van der Waals surface area contributed by atoms with Crippen LogP contribution in [0.25, 0.3) is 16.2 Å². The lowest BCUT2D eigenvalue weighted by atomic mass is 10.1. The lowest BCUT2D eigenvalue weighted by Crippen LogP contribution is -2.11. The molecule has 12 heteroatoms. The fourth-order valence-electron chi connectivity index (χ4n) is 3.77. The molecule has 2 heterocycles. The van der Waals surface area contributed by atoms with E-state index in [1.54, 1.807) is 39.5 Å². The number of anilines is 2. The number of halogens is 1. The minimum atomic E-state index is -0.288. The van der Waals surface area contributed by atoms with Crippen molar-refractivity contribution < 1.29 is 19.0 Å². The van der Waals surface area contributed by atoms with E-state index in [-0.39, 0.29) is 11.1 Å². The SMILES string of the molecule is C=C(Nc1cc(OC)c(OC)c(OC)c1)S/C(=C(\C)N)c1nc(-c2cccc(NC(=O)c3ccnc(Cl)c3)c2)cs1. The van der Waals surface area contributed by atoms with Crippen molar-refractivity contribution in [2.45, 2.75) is 6.92 Å². The quantitative estimate of drug-likeness (QED) is 0.153. The summed E-state index contributed by atoms with van der Waals surface area (Å²) in [5.41, 5.74) is 10.2. The zero-order valence-electron chi connectivity index (χ0n) is 22.8. The molecule has 1 amide bonds. The van der Waals surface area contributed by atoms with E-state index in [9.17, 15) is 4.79 Å². The normalized spacial score (nSPS) is 11.3. The highest BCUT2D eigenvalue weighted by atomic mass is 35.5. The molecule has 2 aromatic heterocycles. The zero-order chi connectivity index (χ0) is 29.5. The van der Waals surface area contributed by atoms with Gasteiger partial charge in [-0.25, -0.2) is 9.97 Å². The largest absolute Gasteiger partial charge is 0.493 e. The van der Waals surface area contributed by atoms with Crippen molar-refractivity contribution in [3.8, 4) is 28.5 Å². The van der Waals surface area contributed by atoms with Crippen LogP contribution in [0.3, 0.4) is 0 Å². The molecule has 0 aliphatic heterocycles. The Morgan fingerprint density at radius 2 is 1.76 bits per heavy atom. The number of hydrogen-bond acceptors (Lipinski definition) is 10. The Morgan fingerprint density at radius 1 is 1.02 bits per heavy atom. The first-order valence-corrected chi connectivity index (χ1v) is 14.2. The zero-order valence-corrected chi connectivity index (χ0v) is 25.2. The number of thioether (sulfide) groups is 1. The molecule has 0 atom stereocenters. The summed E-state index contributed by atoms with van der Waals surface area (Å²) in [4.78, 5) is 22.2. The predicted octanol–water partition coefficient (Wildman–Crippen LogP) is 7.10. The van der Waals surface area contributed by atoms with E-state index < -0.39 is 0 Å². The molecule has 41 heavy (non-hydrogen) atoms. The fourth-order valence-corrected chi connectivity index (χ4v) is 5.75. The lowest BCUT2D eigenvalue weighted by molar-refractivity contribution is 0.102. The summed E-state index contributed by atoms with van der Waals surface area (Å²) < 4.78 is 16.3. The van der Waals surface area contributed by atoms with E-state index in [0.29, 0.717) is 44.9 Å². The summed E-state index contributed by atoms with van der Waals surface area (Å²) >= 11 is 8.75. The number of carbonyl (C=O) groups is 1. The smallest absolute Gasteiger partial charge is 0.255 e.